The van der Waals surface area contributed by atoms with Crippen LogP contribution in [0.4, 0.5) is 0 Å². The van der Waals surface area contributed by atoms with Gasteiger partial charge in [0, 0.05) is 18.0 Å². The van der Waals surface area contributed by atoms with Gasteiger partial charge < -0.3 is 5.32 Å². The van der Waals surface area contributed by atoms with Gasteiger partial charge in [-0.2, -0.15) is 11.8 Å². The van der Waals surface area contributed by atoms with Crippen LogP contribution in [0.2, 0.25) is 0 Å². The first-order chi connectivity index (χ1) is 10.0. The fourth-order valence-corrected chi connectivity index (χ4v) is 5.34. The molecule has 0 saturated carbocycles. The molecule has 21 heavy (non-hydrogen) atoms. The maximum Gasteiger partial charge on any atom is 0.241 e. The summed E-state index contributed by atoms with van der Waals surface area (Å²) in [5.41, 5.74) is 0.838. The Bertz CT molecular complexity index is 512. The summed E-state index contributed by atoms with van der Waals surface area (Å²) < 4.78 is 27.7. The maximum absolute atomic E-state index is 12.5. The Morgan fingerprint density at radius 2 is 2.05 bits per heavy atom. The molecule has 1 heterocycles. The van der Waals surface area contributed by atoms with Crippen molar-refractivity contribution >= 4 is 33.1 Å². The summed E-state index contributed by atoms with van der Waals surface area (Å²) in [6.45, 7) is 6.00. The van der Waals surface area contributed by atoms with E-state index in [1.54, 1.807) is 11.8 Å². The molecule has 1 rings (SSSR count). The summed E-state index contributed by atoms with van der Waals surface area (Å²) >= 11 is 3.31. The fraction of sp³-hybridized carbons (Fsp3) is 0.714. The second-order valence-electron chi connectivity index (χ2n) is 4.95. The predicted octanol–water partition coefficient (Wildman–Crippen LogP) is 2.98. The molecule has 0 radical (unpaired) electrons. The Balaban J connectivity index is 2.66. The second-order valence-corrected chi connectivity index (χ2v) is 8.60. The van der Waals surface area contributed by atoms with Crippen molar-refractivity contribution in [3.63, 3.8) is 0 Å². The lowest BCUT2D eigenvalue weighted by atomic mass is 10.3. The SMILES string of the molecule is CCCNCc1scc(C)c1S(=O)(=O)NCCCCSC. The molecule has 1 aromatic heterocycles. The van der Waals surface area contributed by atoms with Gasteiger partial charge in [0.1, 0.15) is 4.90 Å². The molecule has 0 aromatic carbocycles. The van der Waals surface area contributed by atoms with Crippen LogP contribution in [0.5, 0.6) is 0 Å². The second kappa shape index (κ2) is 9.84. The minimum atomic E-state index is -3.39. The van der Waals surface area contributed by atoms with E-state index in [2.05, 4.69) is 23.2 Å². The largest absolute Gasteiger partial charge is 0.312 e. The number of thioether (sulfide) groups is 1. The van der Waals surface area contributed by atoms with Crippen LogP contribution in [0, 0.1) is 6.92 Å². The molecule has 2 N–H and O–H groups in total. The van der Waals surface area contributed by atoms with Crippen molar-refractivity contribution in [2.45, 2.75) is 44.6 Å². The molecule has 0 bridgehead atoms. The molecule has 4 nitrogen and oxygen atoms in total. The Kier molecular flexibility index (Phi) is 8.89. The van der Waals surface area contributed by atoms with Gasteiger partial charge in [-0.25, -0.2) is 13.1 Å². The highest BCUT2D eigenvalue weighted by molar-refractivity contribution is 7.98. The first kappa shape index (κ1) is 19.0. The van der Waals surface area contributed by atoms with Gasteiger partial charge in [0.05, 0.1) is 0 Å². The van der Waals surface area contributed by atoms with Gasteiger partial charge in [-0.05, 0) is 55.7 Å². The third-order valence-corrected chi connectivity index (χ3v) is 6.66. The normalized spacial score (nSPS) is 12.0. The van der Waals surface area contributed by atoms with Gasteiger partial charge in [-0.15, -0.1) is 11.3 Å². The number of aryl methyl sites for hydroxylation is 1. The van der Waals surface area contributed by atoms with Crippen molar-refractivity contribution in [1.29, 1.82) is 0 Å². The summed E-state index contributed by atoms with van der Waals surface area (Å²) in [6, 6.07) is 0. The van der Waals surface area contributed by atoms with Crippen LogP contribution in [0.1, 0.15) is 36.6 Å². The van der Waals surface area contributed by atoms with Crippen LogP contribution in [0.3, 0.4) is 0 Å². The van der Waals surface area contributed by atoms with Crippen molar-refractivity contribution in [3.05, 3.63) is 15.8 Å². The van der Waals surface area contributed by atoms with Crippen molar-refractivity contribution < 1.29 is 8.42 Å². The predicted molar refractivity (Wildman–Crippen MR) is 93.9 cm³/mol. The van der Waals surface area contributed by atoms with Crippen LogP contribution >= 0.6 is 23.1 Å². The first-order valence-electron chi connectivity index (χ1n) is 7.29. The quantitative estimate of drug-likeness (QED) is 0.602. The van der Waals surface area contributed by atoms with E-state index in [0.29, 0.717) is 18.0 Å². The topological polar surface area (TPSA) is 58.2 Å². The Morgan fingerprint density at radius 1 is 1.29 bits per heavy atom. The van der Waals surface area contributed by atoms with E-state index in [0.717, 1.165) is 42.0 Å². The van der Waals surface area contributed by atoms with Gasteiger partial charge in [-0.1, -0.05) is 6.92 Å². The van der Waals surface area contributed by atoms with Crippen molar-refractivity contribution in [2.75, 3.05) is 25.1 Å². The summed E-state index contributed by atoms with van der Waals surface area (Å²) in [7, 11) is -3.39. The maximum atomic E-state index is 12.5. The molecular formula is C14H26N2O2S3. The lowest BCUT2D eigenvalue weighted by Crippen LogP contribution is -2.26. The fourth-order valence-electron chi connectivity index (χ4n) is 2.00. The molecule has 0 saturated heterocycles. The zero-order valence-corrected chi connectivity index (χ0v) is 15.5. The smallest absolute Gasteiger partial charge is 0.241 e. The third-order valence-electron chi connectivity index (χ3n) is 3.04. The molecule has 0 fully saturated rings. The highest BCUT2D eigenvalue weighted by Gasteiger charge is 2.22. The van der Waals surface area contributed by atoms with Gasteiger partial charge in [-0.3, -0.25) is 0 Å². The Labute approximate surface area is 137 Å². The summed E-state index contributed by atoms with van der Waals surface area (Å²) in [6.07, 6.45) is 5.03. The van der Waals surface area contributed by atoms with Gasteiger partial charge in [0.2, 0.25) is 10.0 Å². The zero-order valence-electron chi connectivity index (χ0n) is 13.1. The summed E-state index contributed by atoms with van der Waals surface area (Å²) in [4.78, 5) is 1.37. The zero-order chi connectivity index (χ0) is 15.7. The Hall–Kier alpha value is -0.0800. The molecule has 0 aliphatic heterocycles. The molecule has 0 atom stereocenters. The molecule has 7 heteroatoms. The van der Waals surface area contributed by atoms with Crippen LogP contribution < -0.4 is 10.0 Å². The highest BCUT2D eigenvalue weighted by atomic mass is 32.2. The molecule has 0 aliphatic rings. The van der Waals surface area contributed by atoms with Crippen LogP contribution in [0.25, 0.3) is 0 Å². The number of hydrogen-bond donors (Lipinski definition) is 2. The van der Waals surface area contributed by atoms with Crippen LogP contribution in [-0.4, -0.2) is 33.5 Å². The monoisotopic (exact) mass is 350 g/mol. The molecule has 0 amide bonds. The lowest BCUT2D eigenvalue weighted by Gasteiger charge is -2.09. The molecule has 0 spiro atoms. The van der Waals surface area contributed by atoms with Crippen molar-refractivity contribution in [2.24, 2.45) is 0 Å². The van der Waals surface area contributed by atoms with Gasteiger partial charge in [0.15, 0.2) is 0 Å². The lowest BCUT2D eigenvalue weighted by molar-refractivity contribution is 0.576. The molecule has 0 aliphatic carbocycles. The minimum Gasteiger partial charge on any atom is -0.312 e. The van der Waals surface area contributed by atoms with E-state index < -0.39 is 10.0 Å². The number of nitrogens with one attached hydrogen (secondary N) is 2. The number of rotatable bonds is 11. The van der Waals surface area contributed by atoms with Crippen molar-refractivity contribution in [3.8, 4) is 0 Å². The number of sulfonamides is 1. The van der Waals surface area contributed by atoms with E-state index in [-0.39, 0.29) is 0 Å². The van der Waals surface area contributed by atoms with Crippen molar-refractivity contribution in [1.82, 2.24) is 10.0 Å². The first-order valence-corrected chi connectivity index (χ1v) is 11.0. The minimum absolute atomic E-state index is 0.473. The van der Waals surface area contributed by atoms with Gasteiger partial charge >= 0.3 is 0 Å². The van der Waals surface area contributed by atoms with E-state index in [4.69, 9.17) is 0 Å². The van der Waals surface area contributed by atoms with Crippen LogP contribution in [0.15, 0.2) is 10.3 Å². The average Bonchev–Trinajstić information content (AvgIpc) is 2.81. The Morgan fingerprint density at radius 3 is 2.71 bits per heavy atom. The van der Waals surface area contributed by atoms with Crippen LogP contribution in [-0.2, 0) is 16.6 Å². The summed E-state index contributed by atoms with van der Waals surface area (Å²) in [5, 5.41) is 5.20. The number of thiophene rings is 1. The standard InChI is InChI=1S/C14H26N2O2S3/c1-4-7-15-10-13-14(12(2)11-20-13)21(17,18)16-8-5-6-9-19-3/h11,15-16H,4-10H2,1-3H3. The van der Waals surface area contributed by atoms with E-state index in [1.165, 1.54) is 11.3 Å². The molecule has 0 unspecified atom stereocenters. The number of unbranched alkanes of at least 4 members (excludes halogenated alkanes) is 1. The van der Waals surface area contributed by atoms with Gasteiger partial charge in [0.25, 0.3) is 0 Å². The van der Waals surface area contributed by atoms with E-state index >= 15 is 0 Å². The highest BCUT2D eigenvalue weighted by Crippen LogP contribution is 2.26. The average molecular weight is 351 g/mol. The molecule has 1 aromatic rings. The van der Waals surface area contributed by atoms with E-state index in [1.807, 2.05) is 12.3 Å². The molecule has 122 valence electrons. The van der Waals surface area contributed by atoms with E-state index in [9.17, 15) is 8.42 Å². The summed E-state index contributed by atoms with van der Waals surface area (Å²) in [5.74, 6) is 1.07. The third kappa shape index (κ3) is 6.28. The molecular weight excluding hydrogens is 324 g/mol. The number of hydrogen-bond acceptors (Lipinski definition) is 5.